The predicted octanol–water partition coefficient (Wildman–Crippen LogP) is 5.61. The summed E-state index contributed by atoms with van der Waals surface area (Å²) in [6.45, 7) is 7.65. The molecule has 198 valence electrons. The second-order valence-corrected chi connectivity index (χ2v) is 10.4. The smallest absolute Gasteiger partial charge is 0.407 e. The summed E-state index contributed by atoms with van der Waals surface area (Å²) in [4.78, 5) is 33.0. The van der Waals surface area contributed by atoms with Gasteiger partial charge in [-0.2, -0.15) is 0 Å². The molecule has 1 amide bonds. The molecule has 2 atom stereocenters. The molecule has 0 aliphatic carbocycles. The van der Waals surface area contributed by atoms with E-state index in [1.807, 2.05) is 20.8 Å². The molecule has 1 aliphatic rings. The van der Waals surface area contributed by atoms with Gasteiger partial charge in [-0.05, 0) is 30.5 Å². The number of aromatic nitrogens is 2. The number of nitrogens with one attached hydrogen (secondary N) is 1. The van der Waals surface area contributed by atoms with Gasteiger partial charge in [-0.3, -0.25) is 15.0 Å². The van der Waals surface area contributed by atoms with E-state index in [4.69, 9.17) is 16.3 Å². The maximum Gasteiger partial charge on any atom is 0.407 e. The normalized spacial score (nSPS) is 19.5. The molecular formula is C26H25ClFN5O5. The monoisotopic (exact) mass is 541 g/mol. The van der Waals surface area contributed by atoms with E-state index in [1.54, 1.807) is 13.0 Å². The Morgan fingerprint density at radius 2 is 2.11 bits per heavy atom. The van der Waals surface area contributed by atoms with Crippen molar-refractivity contribution in [1.29, 1.82) is 0 Å². The highest BCUT2D eigenvalue weighted by Gasteiger charge is 2.49. The van der Waals surface area contributed by atoms with Crippen molar-refractivity contribution in [2.75, 3.05) is 18.5 Å². The number of hydrogen-bond acceptors (Lipinski definition) is 7. The third kappa shape index (κ3) is 5.18. The van der Waals surface area contributed by atoms with Gasteiger partial charge >= 0.3 is 6.09 Å². The van der Waals surface area contributed by atoms with Crippen LogP contribution in [0.2, 0.25) is 5.02 Å². The molecule has 2 aromatic carbocycles. The molecule has 0 bridgehead atoms. The van der Waals surface area contributed by atoms with Crippen molar-refractivity contribution < 1.29 is 24.0 Å². The van der Waals surface area contributed by atoms with E-state index in [2.05, 4.69) is 27.1 Å². The van der Waals surface area contributed by atoms with E-state index >= 15 is 0 Å². The summed E-state index contributed by atoms with van der Waals surface area (Å²) in [6.07, 6.45) is 0.146. The van der Waals surface area contributed by atoms with Gasteiger partial charge in [-0.15, -0.1) is 0 Å². The molecule has 2 N–H and O–H groups in total. The van der Waals surface area contributed by atoms with Crippen LogP contribution in [0.4, 0.5) is 26.4 Å². The fourth-order valence-electron chi connectivity index (χ4n) is 4.83. The molecule has 1 aliphatic heterocycles. The van der Waals surface area contributed by atoms with E-state index < -0.39 is 33.9 Å². The number of nitro groups is 1. The summed E-state index contributed by atoms with van der Waals surface area (Å²) in [7, 11) is 0. The molecule has 10 nitrogen and oxygen atoms in total. The minimum Gasteiger partial charge on any atom is -0.465 e. The average Bonchev–Trinajstić information content (AvgIpc) is 2.84. The number of benzene rings is 2. The van der Waals surface area contributed by atoms with Crippen molar-refractivity contribution in [2.45, 2.75) is 39.3 Å². The molecule has 1 aromatic heterocycles. The molecule has 2 unspecified atom stereocenters. The Kier molecular flexibility index (Phi) is 7.14. The van der Waals surface area contributed by atoms with Crippen molar-refractivity contribution in [3.8, 4) is 11.8 Å². The zero-order valence-electron chi connectivity index (χ0n) is 21.1. The number of rotatable bonds is 3. The lowest BCUT2D eigenvalue weighted by Gasteiger charge is -2.50. The van der Waals surface area contributed by atoms with Crippen LogP contribution in [0.3, 0.4) is 0 Å². The molecule has 4 rings (SSSR count). The zero-order chi connectivity index (χ0) is 27.8. The first-order valence-electron chi connectivity index (χ1n) is 11.6. The number of morpholine rings is 1. The first kappa shape index (κ1) is 27.0. The molecule has 12 heteroatoms. The molecule has 1 saturated heterocycles. The zero-order valence-corrected chi connectivity index (χ0v) is 21.8. The van der Waals surface area contributed by atoms with Crippen LogP contribution < -0.4 is 5.32 Å². The number of halogens is 2. The van der Waals surface area contributed by atoms with Gasteiger partial charge < -0.3 is 15.2 Å². The minimum atomic E-state index is -1.24. The van der Waals surface area contributed by atoms with Crippen molar-refractivity contribution in [3.63, 3.8) is 0 Å². The Morgan fingerprint density at radius 1 is 1.37 bits per heavy atom. The van der Waals surface area contributed by atoms with Gasteiger partial charge in [0.05, 0.1) is 33.8 Å². The van der Waals surface area contributed by atoms with E-state index in [0.29, 0.717) is 5.52 Å². The summed E-state index contributed by atoms with van der Waals surface area (Å²) in [5.74, 6) is 5.28. The van der Waals surface area contributed by atoms with Crippen molar-refractivity contribution >= 4 is 45.8 Å². The van der Waals surface area contributed by atoms with Gasteiger partial charge in [0.25, 0.3) is 5.69 Å². The first-order valence-corrected chi connectivity index (χ1v) is 12.0. The number of hydrogen-bond donors (Lipinski definition) is 2. The Balaban J connectivity index is 1.81. The van der Waals surface area contributed by atoms with Crippen LogP contribution in [-0.4, -0.2) is 55.8 Å². The Labute approximate surface area is 222 Å². The van der Waals surface area contributed by atoms with E-state index in [9.17, 15) is 24.4 Å². The van der Waals surface area contributed by atoms with Crippen LogP contribution in [-0.2, 0) is 4.74 Å². The van der Waals surface area contributed by atoms with Crippen LogP contribution in [0.5, 0.6) is 0 Å². The summed E-state index contributed by atoms with van der Waals surface area (Å²) in [6, 6.07) is 6.47. The molecule has 0 radical (unpaired) electrons. The lowest BCUT2D eigenvalue weighted by Crippen LogP contribution is -2.64. The summed E-state index contributed by atoms with van der Waals surface area (Å²) in [5.41, 5.74) is -1.67. The van der Waals surface area contributed by atoms with Crippen LogP contribution in [0.15, 0.2) is 36.7 Å². The highest BCUT2D eigenvalue weighted by Crippen LogP contribution is 2.38. The van der Waals surface area contributed by atoms with Gasteiger partial charge in [0.2, 0.25) is 0 Å². The van der Waals surface area contributed by atoms with Crippen LogP contribution in [0, 0.1) is 33.2 Å². The van der Waals surface area contributed by atoms with Gasteiger partial charge in [-0.25, -0.2) is 19.2 Å². The predicted molar refractivity (Wildman–Crippen MR) is 140 cm³/mol. The average molecular weight is 542 g/mol. The standard InChI is InChI=1S/C26H25ClFN5O5/c1-25(2,3)23-26(4,38-11-10-32(23)24(34)35)9-8-15-12-19-16(13-20(15)33(36)37)22(30-14-29-19)31-18-7-5-6-17(27)21(18)28/h5-7,12-14,23H,10-11H2,1-4H3,(H,34,35)(H,29,30,31). The third-order valence-electron chi connectivity index (χ3n) is 6.23. The number of carbonyl (C=O) groups is 1. The van der Waals surface area contributed by atoms with Crippen LogP contribution in [0.1, 0.15) is 33.3 Å². The first-order chi connectivity index (χ1) is 17.8. The quantitative estimate of drug-likeness (QED) is 0.248. The number of fused-ring (bicyclic) bond motifs is 1. The molecule has 38 heavy (non-hydrogen) atoms. The second-order valence-electron chi connectivity index (χ2n) is 10.0. The number of nitro benzene ring substituents is 1. The summed E-state index contributed by atoms with van der Waals surface area (Å²) < 4.78 is 20.4. The Bertz CT molecular complexity index is 1500. The summed E-state index contributed by atoms with van der Waals surface area (Å²) in [5, 5.41) is 24.8. The lowest BCUT2D eigenvalue weighted by atomic mass is 9.75. The molecule has 1 fully saturated rings. The summed E-state index contributed by atoms with van der Waals surface area (Å²) >= 11 is 5.86. The van der Waals surface area contributed by atoms with E-state index in [-0.39, 0.29) is 46.3 Å². The van der Waals surface area contributed by atoms with Crippen LogP contribution in [0.25, 0.3) is 10.9 Å². The number of ether oxygens (including phenoxy) is 1. The van der Waals surface area contributed by atoms with Crippen molar-refractivity contribution in [1.82, 2.24) is 14.9 Å². The third-order valence-corrected chi connectivity index (χ3v) is 6.52. The molecule has 0 saturated carbocycles. The van der Waals surface area contributed by atoms with E-state index in [0.717, 1.165) is 0 Å². The number of anilines is 2. The minimum absolute atomic E-state index is 0.0441. The lowest BCUT2D eigenvalue weighted by molar-refractivity contribution is -0.385. The number of carboxylic acid groups (broad SMARTS) is 1. The molecule has 2 heterocycles. The number of amides is 1. The van der Waals surface area contributed by atoms with E-state index in [1.165, 1.54) is 35.5 Å². The highest BCUT2D eigenvalue weighted by molar-refractivity contribution is 6.31. The van der Waals surface area contributed by atoms with Gasteiger partial charge in [0, 0.05) is 18.0 Å². The fraction of sp³-hybridized carbons (Fsp3) is 0.346. The second kappa shape index (κ2) is 10.0. The Morgan fingerprint density at radius 3 is 2.76 bits per heavy atom. The maximum absolute atomic E-state index is 14.4. The largest absolute Gasteiger partial charge is 0.465 e. The topological polar surface area (TPSA) is 131 Å². The Hall–Kier alpha value is -4.01. The molecule has 0 spiro atoms. The number of nitrogens with zero attached hydrogens (tertiary/aromatic N) is 4. The van der Waals surface area contributed by atoms with Gasteiger partial charge in [-0.1, -0.05) is 50.3 Å². The molecule has 3 aromatic rings. The SMILES string of the molecule is CC(C)(C)C1N(C(=O)O)CCOC1(C)C#Cc1cc2ncnc(Nc3cccc(Cl)c3F)c2cc1[N+](=O)[O-]. The van der Waals surface area contributed by atoms with Gasteiger partial charge in [0.15, 0.2) is 5.82 Å². The molecular weight excluding hydrogens is 517 g/mol. The van der Waals surface area contributed by atoms with Crippen LogP contribution >= 0.6 is 11.6 Å². The highest BCUT2D eigenvalue weighted by atomic mass is 35.5. The van der Waals surface area contributed by atoms with Gasteiger partial charge in [0.1, 0.15) is 23.3 Å². The maximum atomic E-state index is 14.4. The van der Waals surface area contributed by atoms with Crippen molar-refractivity contribution in [2.24, 2.45) is 5.41 Å². The fourth-order valence-corrected chi connectivity index (χ4v) is 5.00. The van der Waals surface area contributed by atoms with Crippen molar-refractivity contribution in [3.05, 3.63) is 63.2 Å².